The second-order valence-corrected chi connectivity index (χ2v) is 6.21. The lowest BCUT2D eigenvalue weighted by atomic mass is 10.0. The van der Waals surface area contributed by atoms with Crippen LogP contribution in [0.1, 0.15) is 24.8 Å². The van der Waals surface area contributed by atoms with Gasteiger partial charge in [-0.2, -0.15) is 0 Å². The summed E-state index contributed by atoms with van der Waals surface area (Å²) in [5, 5.41) is 12.1. The topological polar surface area (TPSA) is 82.2 Å². The van der Waals surface area contributed by atoms with Crippen LogP contribution in [0.25, 0.3) is 10.9 Å². The number of fused-ring (bicyclic) bond motifs is 1. The van der Waals surface area contributed by atoms with Crippen molar-refractivity contribution in [3.05, 3.63) is 35.5 Å². The summed E-state index contributed by atoms with van der Waals surface area (Å²) in [5.41, 5.74) is 1.05. The number of H-pyrrole nitrogens is 1. The van der Waals surface area contributed by atoms with Crippen LogP contribution < -0.4 is 5.32 Å². The number of aromatic nitrogens is 1. The van der Waals surface area contributed by atoms with E-state index in [2.05, 4.69) is 10.3 Å². The number of nitrogens with one attached hydrogen (secondary N) is 2. The lowest BCUT2D eigenvalue weighted by molar-refractivity contribution is -0.141. The number of amides is 1. The van der Waals surface area contributed by atoms with E-state index in [0.29, 0.717) is 48.7 Å². The zero-order valence-corrected chi connectivity index (χ0v) is 12.9. The van der Waals surface area contributed by atoms with E-state index in [4.69, 9.17) is 5.11 Å². The fourth-order valence-corrected chi connectivity index (χ4v) is 3.36. The number of aromatic amines is 1. The predicted molar refractivity (Wildman–Crippen MR) is 83.4 cm³/mol. The molecule has 2 aromatic rings. The van der Waals surface area contributed by atoms with Gasteiger partial charge in [-0.3, -0.25) is 9.59 Å². The number of carboxylic acid groups (broad SMARTS) is 1. The molecule has 128 valence electrons. The Kier molecular flexibility index (Phi) is 4.51. The Morgan fingerprint density at radius 3 is 2.71 bits per heavy atom. The zero-order valence-electron chi connectivity index (χ0n) is 12.9. The van der Waals surface area contributed by atoms with E-state index in [0.717, 1.165) is 6.07 Å². The van der Waals surface area contributed by atoms with Gasteiger partial charge in [-0.05, 0) is 37.3 Å². The van der Waals surface area contributed by atoms with Crippen LogP contribution in [0.3, 0.4) is 0 Å². The molecule has 0 saturated heterocycles. The Balaban J connectivity index is 1.57. The highest BCUT2D eigenvalue weighted by Crippen LogP contribution is 2.31. The van der Waals surface area contributed by atoms with Crippen LogP contribution in [-0.2, 0) is 16.0 Å². The van der Waals surface area contributed by atoms with Crippen LogP contribution in [0.15, 0.2) is 18.3 Å². The quantitative estimate of drug-likeness (QED) is 0.785. The largest absolute Gasteiger partial charge is 0.481 e. The molecular weight excluding hydrogens is 318 g/mol. The van der Waals surface area contributed by atoms with Gasteiger partial charge < -0.3 is 15.4 Å². The minimum Gasteiger partial charge on any atom is -0.481 e. The monoisotopic (exact) mass is 336 g/mol. The number of hydrogen-bond donors (Lipinski definition) is 3. The molecule has 1 saturated carbocycles. The number of aliphatic carboxylic acids is 1. The number of carboxylic acids is 1. The Bertz CT molecular complexity index is 787. The first kappa shape index (κ1) is 16.4. The first-order valence-electron chi connectivity index (χ1n) is 7.91. The van der Waals surface area contributed by atoms with Crippen LogP contribution in [0.2, 0.25) is 0 Å². The van der Waals surface area contributed by atoms with Crippen molar-refractivity contribution < 1.29 is 23.5 Å². The maximum absolute atomic E-state index is 13.9. The summed E-state index contributed by atoms with van der Waals surface area (Å²) in [5.74, 6) is -3.02. The van der Waals surface area contributed by atoms with E-state index < -0.39 is 23.5 Å². The molecule has 0 aliphatic heterocycles. The van der Waals surface area contributed by atoms with Crippen molar-refractivity contribution in [2.45, 2.75) is 25.7 Å². The highest BCUT2D eigenvalue weighted by Gasteiger charge is 2.33. The number of hydrogen-bond acceptors (Lipinski definition) is 2. The van der Waals surface area contributed by atoms with Crippen molar-refractivity contribution in [3.63, 3.8) is 0 Å². The molecule has 1 fully saturated rings. The van der Waals surface area contributed by atoms with Crippen molar-refractivity contribution >= 4 is 22.8 Å². The van der Waals surface area contributed by atoms with Crippen LogP contribution >= 0.6 is 0 Å². The van der Waals surface area contributed by atoms with Gasteiger partial charge in [0.05, 0.1) is 11.4 Å². The Morgan fingerprint density at radius 1 is 1.25 bits per heavy atom. The fraction of sp³-hybridized carbons (Fsp3) is 0.412. The molecule has 24 heavy (non-hydrogen) atoms. The van der Waals surface area contributed by atoms with Gasteiger partial charge in [0.25, 0.3) is 0 Å². The van der Waals surface area contributed by atoms with Crippen LogP contribution in [-0.4, -0.2) is 28.5 Å². The van der Waals surface area contributed by atoms with Gasteiger partial charge in [-0.25, -0.2) is 8.78 Å². The summed E-state index contributed by atoms with van der Waals surface area (Å²) >= 11 is 0. The number of carbonyl (C=O) groups is 2. The summed E-state index contributed by atoms with van der Waals surface area (Å²) < 4.78 is 27.1. The molecule has 0 spiro atoms. The molecule has 7 heteroatoms. The molecule has 1 aromatic heterocycles. The minimum absolute atomic E-state index is 0.162. The van der Waals surface area contributed by atoms with E-state index in [9.17, 15) is 18.4 Å². The minimum atomic E-state index is -0.855. The first-order chi connectivity index (χ1) is 11.5. The SMILES string of the molecule is O=C(O)[C@@H]1CC[C@H](C(=O)NCCc2c[nH]c3cc(F)cc(F)c23)C1. The smallest absolute Gasteiger partial charge is 0.306 e. The van der Waals surface area contributed by atoms with Gasteiger partial charge >= 0.3 is 5.97 Å². The first-order valence-corrected chi connectivity index (χ1v) is 7.91. The summed E-state index contributed by atoms with van der Waals surface area (Å²) in [6.45, 7) is 0.316. The molecule has 3 rings (SSSR count). The molecule has 1 aliphatic rings. The molecule has 2 atom stereocenters. The standard InChI is InChI=1S/C17H18F2N2O3/c18-12-6-13(19)15-11(8-21-14(15)7-12)3-4-20-16(22)9-1-2-10(5-9)17(23)24/h6-10,21H,1-5H2,(H,20,22)(H,23,24)/t9-,10+/m0/s1. The van der Waals surface area contributed by atoms with E-state index in [-0.39, 0.29) is 11.8 Å². The van der Waals surface area contributed by atoms with Gasteiger partial charge in [0.1, 0.15) is 11.6 Å². The zero-order chi connectivity index (χ0) is 17.3. The molecule has 0 bridgehead atoms. The van der Waals surface area contributed by atoms with Gasteiger partial charge in [0.2, 0.25) is 5.91 Å². The van der Waals surface area contributed by atoms with Gasteiger partial charge in [0.15, 0.2) is 0 Å². The molecule has 1 aliphatic carbocycles. The third-order valence-electron chi connectivity index (χ3n) is 4.62. The summed E-state index contributed by atoms with van der Waals surface area (Å²) in [4.78, 5) is 25.8. The normalized spacial score (nSPS) is 20.4. The molecule has 0 radical (unpaired) electrons. The van der Waals surface area contributed by atoms with Crippen molar-refractivity contribution in [2.75, 3.05) is 6.54 Å². The van der Waals surface area contributed by atoms with Crippen LogP contribution in [0.4, 0.5) is 8.78 Å². The maximum Gasteiger partial charge on any atom is 0.306 e. The maximum atomic E-state index is 13.9. The van der Waals surface area contributed by atoms with Crippen LogP contribution in [0, 0.1) is 23.5 Å². The molecular formula is C17H18F2N2O3. The molecule has 1 heterocycles. The number of halogens is 2. The third-order valence-corrected chi connectivity index (χ3v) is 4.62. The third kappa shape index (κ3) is 3.25. The van der Waals surface area contributed by atoms with Gasteiger partial charge in [-0.1, -0.05) is 0 Å². The Labute approximate surface area is 137 Å². The van der Waals surface area contributed by atoms with Gasteiger partial charge in [0, 0.05) is 30.1 Å². The predicted octanol–water partition coefficient (Wildman–Crippen LogP) is 2.61. The second kappa shape index (κ2) is 6.59. The highest BCUT2D eigenvalue weighted by atomic mass is 19.1. The van der Waals surface area contributed by atoms with Crippen molar-refractivity contribution in [3.8, 4) is 0 Å². The van der Waals surface area contributed by atoms with E-state index in [1.807, 2.05) is 0 Å². The summed E-state index contributed by atoms with van der Waals surface area (Å²) in [7, 11) is 0. The summed E-state index contributed by atoms with van der Waals surface area (Å²) in [6, 6.07) is 2.06. The van der Waals surface area contributed by atoms with E-state index in [1.165, 1.54) is 6.07 Å². The lowest BCUT2D eigenvalue weighted by Crippen LogP contribution is -2.31. The highest BCUT2D eigenvalue weighted by molar-refractivity contribution is 5.84. The summed E-state index contributed by atoms with van der Waals surface area (Å²) in [6.07, 6.45) is 3.47. The number of rotatable bonds is 5. The van der Waals surface area contributed by atoms with Crippen molar-refractivity contribution in [2.24, 2.45) is 11.8 Å². The number of carbonyl (C=O) groups excluding carboxylic acids is 1. The molecule has 5 nitrogen and oxygen atoms in total. The molecule has 1 amide bonds. The Morgan fingerprint density at radius 2 is 2.00 bits per heavy atom. The van der Waals surface area contributed by atoms with Crippen molar-refractivity contribution in [1.82, 2.24) is 10.3 Å². The van der Waals surface area contributed by atoms with E-state index >= 15 is 0 Å². The molecule has 0 unspecified atom stereocenters. The molecule has 1 aromatic carbocycles. The fourth-order valence-electron chi connectivity index (χ4n) is 3.36. The Hall–Kier alpha value is -2.44. The van der Waals surface area contributed by atoms with E-state index in [1.54, 1.807) is 6.20 Å². The van der Waals surface area contributed by atoms with Crippen LogP contribution in [0.5, 0.6) is 0 Å². The molecule has 3 N–H and O–H groups in total. The van der Waals surface area contributed by atoms with Crippen molar-refractivity contribution in [1.29, 1.82) is 0 Å². The average Bonchev–Trinajstić information content (AvgIpc) is 3.14. The second-order valence-electron chi connectivity index (χ2n) is 6.21. The number of benzene rings is 1. The van der Waals surface area contributed by atoms with Gasteiger partial charge in [-0.15, -0.1) is 0 Å². The lowest BCUT2D eigenvalue weighted by Gasteiger charge is -2.10. The average molecular weight is 336 g/mol.